The van der Waals surface area contributed by atoms with E-state index < -0.39 is 0 Å². The van der Waals surface area contributed by atoms with Crippen LogP contribution in [0.25, 0.3) is 17.3 Å². The van der Waals surface area contributed by atoms with Gasteiger partial charge in [0.1, 0.15) is 0 Å². The lowest BCUT2D eigenvalue weighted by Crippen LogP contribution is -2.24. The van der Waals surface area contributed by atoms with Gasteiger partial charge in [-0.2, -0.15) is 10.1 Å². The standard InChI is InChI=1S/C17H19N5O2/c1-11(18-3)9-15-19-17(24-21-15)16-14(23)10-12(2)22(20-16)13-7-5-4-6-8-13/h4-8,10-11,18H,9H2,1-3H3. The van der Waals surface area contributed by atoms with Crippen LogP contribution in [0.5, 0.6) is 0 Å². The number of nitrogens with zero attached hydrogens (tertiary/aromatic N) is 4. The van der Waals surface area contributed by atoms with Gasteiger partial charge < -0.3 is 9.84 Å². The molecule has 0 aliphatic heterocycles. The molecule has 24 heavy (non-hydrogen) atoms. The average Bonchev–Trinajstić information content (AvgIpc) is 3.03. The van der Waals surface area contributed by atoms with E-state index in [-0.39, 0.29) is 23.1 Å². The first kappa shape index (κ1) is 16.1. The maximum atomic E-state index is 12.3. The van der Waals surface area contributed by atoms with Gasteiger partial charge in [-0.3, -0.25) is 4.79 Å². The molecule has 1 atom stereocenters. The van der Waals surface area contributed by atoms with Crippen LogP contribution in [-0.4, -0.2) is 33.0 Å². The molecule has 0 saturated heterocycles. The van der Waals surface area contributed by atoms with Crippen molar-refractivity contribution in [1.29, 1.82) is 0 Å². The zero-order valence-electron chi connectivity index (χ0n) is 13.9. The summed E-state index contributed by atoms with van der Waals surface area (Å²) in [5, 5.41) is 11.5. The second-order valence-corrected chi connectivity index (χ2v) is 5.66. The lowest BCUT2D eigenvalue weighted by molar-refractivity contribution is 0.416. The minimum absolute atomic E-state index is 0.142. The van der Waals surface area contributed by atoms with Crippen LogP contribution in [0.4, 0.5) is 0 Å². The third-order valence-electron chi connectivity index (χ3n) is 3.76. The van der Waals surface area contributed by atoms with Crippen LogP contribution in [0, 0.1) is 6.92 Å². The largest absolute Gasteiger partial charge is 0.332 e. The first-order valence-corrected chi connectivity index (χ1v) is 7.75. The molecular weight excluding hydrogens is 306 g/mol. The lowest BCUT2D eigenvalue weighted by Gasteiger charge is -2.09. The van der Waals surface area contributed by atoms with Crippen LogP contribution < -0.4 is 10.7 Å². The van der Waals surface area contributed by atoms with Gasteiger partial charge in [-0.05, 0) is 33.0 Å². The van der Waals surface area contributed by atoms with Crippen LogP contribution in [0.15, 0.2) is 45.7 Å². The molecule has 2 heterocycles. The van der Waals surface area contributed by atoms with Gasteiger partial charge in [-0.15, -0.1) is 0 Å². The molecule has 2 aromatic heterocycles. The summed E-state index contributed by atoms with van der Waals surface area (Å²) in [4.78, 5) is 16.6. The highest BCUT2D eigenvalue weighted by molar-refractivity contribution is 5.46. The topological polar surface area (TPSA) is 85.8 Å². The highest BCUT2D eigenvalue weighted by Crippen LogP contribution is 2.14. The summed E-state index contributed by atoms with van der Waals surface area (Å²) in [5.41, 5.74) is 1.51. The minimum atomic E-state index is -0.239. The van der Waals surface area contributed by atoms with E-state index in [4.69, 9.17) is 4.52 Å². The predicted octanol–water partition coefficient (Wildman–Crippen LogP) is 1.74. The van der Waals surface area contributed by atoms with E-state index in [0.29, 0.717) is 12.2 Å². The molecule has 7 nitrogen and oxygen atoms in total. The first-order valence-electron chi connectivity index (χ1n) is 7.75. The second-order valence-electron chi connectivity index (χ2n) is 5.66. The third kappa shape index (κ3) is 3.26. The molecule has 7 heteroatoms. The van der Waals surface area contributed by atoms with Gasteiger partial charge in [0.05, 0.1) is 5.69 Å². The molecule has 0 radical (unpaired) electrons. The number of hydrogen-bond donors (Lipinski definition) is 1. The van der Waals surface area contributed by atoms with Crippen molar-refractivity contribution in [3.63, 3.8) is 0 Å². The zero-order chi connectivity index (χ0) is 17.1. The fraction of sp³-hybridized carbons (Fsp3) is 0.294. The smallest absolute Gasteiger partial charge is 0.282 e. The Hall–Kier alpha value is -2.80. The maximum absolute atomic E-state index is 12.3. The SMILES string of the molecule is CNC(C)Cc1noc(-c2nn(-c3ccccc3)c(C)cc2=O)n1. The van der Waals surface area contributed by atoms with Gasteiger partial charge in [-0.1, -0.05) is 23.4 Å². The van der Waals surface area contributed by atoms with Crippen molar-refractivity contribution in [2.24, 2.45) is 0 Å². The Bertz CT molecular complexity index is 885. The number of aryl methyl sites for hydroxylation is 1. The molecule has 0 fully saturated rings. The van der Waals surface area contributed by atoms with Crippen molar-refractivity contribution in [3.8, 4) is 17.3 Å². The quantitative estimate of drug-likeness (QED) is 0.769. The predicted molar refractivity (Wildman–Crippen MR) is 90.1 cm³/mol. The number of likely N-dealkylation sites (N-methyl/N-ethyl adjacent to an activating group) is 1. The monoisotopic (exact) mass is 325 g/mol. The summed E-state index contributed by atoms with van der Waals surface area (Å²) in [7, 11) is 1.87. The summed E-state index contributed by atoms with van der Waals surface area (Å²) in [6, 6.07) is 11.3. The lowest BCUT2D eigenvalue weighted by atomic mass is 10.2. The van der Waals surface area contributed by atoms with Crippen LogP contribution in [0.1, 0.15) is 18.4 Å². The van der Waals surface area contributed by atoms with E-state index in [2.05, 4.69) is 20.6 Å². The molecule has 3 rings (SSSR count). The summed E-state index contributed by atoms with van der Waals surface area (Å²) >= 11 is 0. The molecule has 0 saturated carbocycles. The highest BCUT2D eigenvalue weighted by atomic mass is 16.5. The van der Waals surface area contributed by atoms with E-state index in [9.17, 15) is 4.79 Å². The Balaban J connectivity index is 2.01. The van der Waals surface area contributed by atoms with Gasteiger partial charge in [-0.25, -0.2) is 4.68 Å². The molecule has 1 aromatic carbocycles. The van der Waals surface area contributed by atoms with Gasteiger partial charge in [0.25, 0.3) is 5.89 Å². The molecular formula is C17H19N5O2. The van der Waals surface area contributed by atoms with E-state index in [1.165, 1.54) is 6.07 Å². The van der Waals surface area contributed by atoms with Gasteiger partial charge in [0, 0.05) is 24.2 Å². The van der Waals surface area contributed by atoms with Gasteiger partial charge in [0.2, 0.25) is 5.43 Å². The summed E-state index contributed by atoms with van der Waals surface area (Å²) in [6.07, 6.45) is 0.610. The van der Waals surface area contributed by atoms with E-state index in [1.807, 2.05) is 51.2 Å². The van der Waals surface area contributed by atoms with Crippen molar-refractivity contribution in [3.05, 3.63) is 58.1 Å². The Morgan fingerprint density at radius 3 is 2.75 bits per heavy atom. The number of aromatic nitrogens is 4. The number of hydrogen-bond acceptors (Lipinski definition) is 6. The van der Waals surface area contributed by atoms with E-state index >= 15 is 0 Å². The van der Waals surface area contributed by atoms with Crippen molar-refractivity contribution in [1.82, 2.24) is 25.2 Å². The normalized spacial score (nSPS) is 12.3. The molecule has 0 aliphatic carbocycles. The molecule has 3 aromatic rings. The summed E-state index contributed by atoms with van der Waals surface area (Å²) < 4.78 is 6.93. The third-order valence-corrected chi connectivity index (χ3v) is 3.76. The molecule has 0 bridgehead atoms. The molecule has 1 N–H and O–H groups in total. The Morgan fingerprint density at radius 2 is 2.04 bits per heavy atom. The Labute approximate surface area is 139 Å². The Morgan fingerprint density at radius 1 is 1.29 bits per heavy atom. The van der Waals surface area contributed by atoms with E-state index in [1.54, 1.807) is 4.68 Å². The van der Waals surface area contributed by atoms with E-state index in [0.717, 1.165) is 11.4 Å². The molecule has 0 aliphatic rings. The van der Waals surface area contributed by atoms with Gasteiger partial charge in [0.15, 0.2) is 11.5 Å². The average molecular weight is 325 g/mol. The fourth-order valence-corrected chi connectivity index (χ4v) is 2.34. The molecule has 0 spiro atoms. The summed E-state index contributed by atoms with van der Waals surface area (Å²) in [5.74, 6) is 0.683. The second kappa shape index (κ2) is 6.76. The maximum Gasteiger partial charge on any atom is 0.282 e. The molecule has 0 amide bonds. The van der Waals surface area contributed by atoms with Crippen molar-refractivity contribution < 1.29 is 4.52 Å². The van der Waals surface area contributed by atoms with Gasteiger partial charge >= 0.3 is 0 Å². The molecule has 124 valence electrons. The Kier molecular flexibility index (Phi) is 4.52. The number of para-hydroxylation sites is 1. The van der Waals surface area contributed by atoms with Crippen molar-refractivity contribution in [2.45, 2.75) is 26.3 Å². The number of nitrogens with one attached hydrogen (secondary N) is 1. The van der Waals surface area contributed by atoms with Crippen LogP contribution in [0.2, 0.25) is 0 Å². The van der Waals surface area contributed by atoms with Crippen LogP contribution in [0.3, 0.4) is 0 Å². The van der Waals surface area contributed by atoms with Crippen LogP contribution in [-0.2, 0) is 6.42 Å². The minimum Gasteiger partial charge on any atom is -0.332 e. The first-order chi connectivity index (χ1) is 11.6. The highest BCUT2D eigenvalue weighted by Gasteiger charge is 2.17. The summed E-state index contributed by atoms with van der Waals surface area (Å²) in [6.45, 7) is 3.85. The van der Waals surface area contributed by atoms with Crippen molar-refractivity contribution in [2.75, 3.05) is 7.05 Å². The fourth-order valence-electron chi connectivity index (χ4n) is 2.34. The zero-order valence-corrected chi connectivity index (χ0v) is 13.9. The number of rotatable bonds is 5. The van der Waals surface area contributed by atoms with Crippen LogP contribution >= 0.6 is 0 Å². The van der Waals surface area contributed by atoms with Crippen molar-refractivity contribution >= 4 is 0 Å². The molecule has 1 unspecified atom stereocenters. The number of benzene rings is 1.